The Morgan fingerprint density at radius 3 is 2.43 bits per heavy atom. The topological polar surface area (TPSA) is 43.1 Å². The molecule has 1 amide bonds. The van der Waals surface area contributed by atoms with Crippen LogP contribution >= 0.6 is 11.6 Å². The van der Waals surface area contributed by atoms with Crippen molar-refractivity contribution in [2.75, 3.05) is 0 Å². The average molecular weight is 212 g/mol. The Kier molecular flexibility index (Phi) is 3.96. The van der Waals surface area contributed by atoms with Gasteiger partial charge in [0.25, 0.3) is 0 Å². The molecule has 1 atom stereocenters. The predicted molar refractivity (Wildman–Crippen MR) is 58.3 cm³/mol. The van der Waals surface area contributed by atoms with Gasteiger partial charge in [-0.2, -0.15) is 0 Å². The van der Waals surface area contributed by atoms with Gasteiger partial charge in [-0.3, -0.25) is 4.79 Å². The molecule has 1 rings (SSSR count). The van der Waals surface area contributed by atoms with E-state index in [4.69, 9.17) is 17.3 Å². The van der Waals surface area contributed by atoms with E-state index in [1.807, 2.05) is 31.2 Å². The molecular formula is C11H14ClNO. The van der Waals surface area contributed by atoms with E-state index in [2.05, 4.69) is 0 Å². The van der Waals surface area contributed by atoms with E-state index in [9.17, 15) is 4.79 Å². The molecule has 3 heteroatoms. The molecule has 0 aliphatic carbocycles. The molecule has 14 heavy (non-hydrogen) atoms. The highest BCUT2D eigenvalue weighted by Gasteiger charge is 2.11. The summed E-state index contributed by atoms with van der Waals surface area (Å²) in [6.07, 6.45) is 1.31. The Morgan fingerprint density at radius 2 is 2.00 bits per heavy atom. The number of amides is 1. The summed E-state index contributed by atoms with van der Waals surface area (Å²) in [5.41, 5.74) is 6.29. The number of hydrogen-bond acceptors (Lipinski definition) is 1. The van der Waals surface area contributed by atoms with Crippen molar-refractivity contribution in [1.29, 1.82) is 0 Å². The standard InChI is InChI=1S/C11H14ClNO/c1-2-8(7-11(13)14)9-3-5-10(12)6-4-9/h3-6,8H,2,7H2,1H3,(H2,13,14)/t8-/m0/s1. The van der Waals surface area contributed by atoms with Crippen LogP contribution in [0.4, 0.5) is 0 Å². The number of carbonyl (C=O) groups excluding carboxylic acids is 1. The van der Waals surface area contributed by atoms with Crippen LogP contribution in [0.25, 0.3) is 0 Å². The minimum Gasteiger partial charge on any atom is -0.370 e. The van der Waals surface area contributed by atoms with Crippen LogP contribution in [0.1, 0.15) is 31.2 Å². The molecule has 0 aliphatic heterocycles. The van der Waals surface area contributed by atoms with E-state index in [-0.39, 0.29) is 11.8 Å². The lowest BCUT2D eigenvalue weighted by molar-refractivity contribution is -0.118. The first-order valence-corrected chi connectivity index (χ1v) is 5.05. The molecule has 0 saturated heterocycles. The van der Waals surface area contributed by atoms with Crippen molar-refractivity contribution in [2.24, 2.45) is 5.73 Å². The van der Waals surface area contributed by atoms with E-state index in [1.54, 1.807) is 0 Å². The van der Waals surface area contributed by atoms with E-state index in [1.165, 1.54) is 0 Å². The van der Waals surface area contributed by atoms with Gasteiger partial charge >= 0.3 is 0 Å². The van der Waals surface area contributed by atoms with Gasteiger partial charge < -0.3 is 5.73 Å². The van der Waals surface area contributed by atoms with Crippen LogP contribution in [0.3, 0.4) is 0 Å². The maximum Gasteiger partial charge on any atom is 0.218 e. The summed E-state index contributed by atoms with van der Waals surface area (Å²) in [4.78, 5) is 10.8. The molecule has 1 aromatic rings. The lowest BCUT2D eigenvalue weighted by Gasteiger charge is -2.12. The molecule has 0 saturated carbocycles. The van der Waals surface area contributed by atoms with Gasteiger partial charge in [0.15, 0.2) is 0 Å². The second-order valence-corrected chi connectivity index (χ2v) is 3.76. The summed E-state index contributed by atoms with van der Waals surface area (Å²) in [6, 6.07) is 7.56. The van der Waals surface area contributed by atoms with Crippen molar-refractivity contribution in [1.82, 2.24) is 0 Å². The van der Waals surface area contributed by atoms with Crippen molar-refractivity contribution in [3.05, 3.63) is 34.9 Å². The minimum absolute atomic E-state index is 0.213. The fourth-order valence-electron chi connectivity index (χ4n) is 1.48. The van der Waals surface area contributed by atoms with Crippen LogP contribution in [0.2, 0.25) is 5.02 Å². The van der Waals surface area contributed by atoms with E-state index < -0.39 is 0 Å². The highest BCUT2D eigenvalue weighted by atomic mass is 35.5. The van der Waals surface area contributed by atoms with Crippen LogP contribution in [-0.4, -0.2) is 5.91 Å². The third kappa shape index (κ3) is 3.04. The summed E-state index contributed by atoms with van der Waals surface area (Å²) in [6.45, 7) is 2.04. The van der Waals surface area contributed by atoms with Gasteiger partial charge in [0.1, 0.15) is 0 Å². The van der Waals surface area contributed by atoms with Gasteiger partial charge in [0, 0.05) is 11.4 Å². The highest BCUT2D eigenvalue weighted by Crippen LogP contribution is 2.24. The van der Waals surface area contributed by atoms with Gasteiger partial charge in [-0.15, -0.1) is 0 Å². The largest absolute Gasteiger partial charge is 0.370 e. The van der Waals surface area contributed by atoms with Gasteiger partial charge in [-0.05, 0) is 30.0 Å². The fourth-order valence-corrected chi connectivity index (χ4v) is 1.60. The molecule has 0 unspecified atom stereocenters. The zero-order chi connectivity index (χ0) is 10.6. The van der Waals surface area contributed by atoms with Crippen molar-refractivity contribution in [3.8, 4) is 0 Å². The maximum atomic E-state index is 10.8. The number of nitrogens with two attached hydrogens (primary N) is 1. The van der Waals surface area contributed by atoms with Crippen LogP contribution < -0.4 is 5.73 Å². The Hall–Kier alpha value is -1.02. The van der Waals surface area contributed by atoms with Crippen LogP contribution in [0.15, 0.2) is 24.3 Å². The van der Waals surface area contributed by atoms with Crippen molar-refractivity contribution in [2.45, 2.75) is 25.7 Å². The maximum absolute atomic E-state index is 10.8. The molecule has 0 heterocycles. The first-order valence-electron chi connectivity index (χ1n) is 4.67. The third-order valence-corrected chi connectivity index (χ3v) is 2.53. The van der Waals surface area contributed by atoms with Gasteiger partial charge in [-0.1, -0.05) is 30.7 Å². The van der Waals surface area contributed by atoms with E-state index in [0.29, 0.717) is 11.4 Å². The molecule has 0 fully saturated rings. The fraction of sp³-hybridized carbons (Fsp3) is 0.364. The molecule has 2 nitrogen and oxygen atoms in total. The molecule has 0 bridgehead atoms. The Bertz CT molecular complexity index is 308. The Balaban J connectivity index is 2.78. The number of primary amides is 1. The summed E-state index contributed by atoms with van der Waals surface area (Å²) < 4.78 is 0. The van der Waals surface area contributed by atoms with E-state index >= 15 is 0 Å². The SMILES string of the molecule is CC[C@@H](CC(N)=O)c1ccc(Cl)cc1. The lowest BCUT2D eigenvalue weighted by atomic mass is 9.93. The van der Waals surface area contributed by atoms with Crippen molar-refractivity contribution >= 4 is 17.5 Å². The van der Waals surface area contributed by atoms with Gasteiger partial charge in [0.05, 0.1) is 0 Å². The van der Waals surface area contributed by atoms with Gasteiger partial charge in [0.2, 0.25) is 5.91 Å². The van der Waals surface area contributed by atoms with E-state index in [0.717, 1.165) is 12.0 Å². The predicted octanol–water partition coefficient (Wildman–Crippen LogP) is 2.71. The molecule has 0 radical (unpaired) electrons. The average Bonchev–Trinajstić information content (AvgIpc) is 2.15. The number of rotatable bonds is 4. The quantitative estimate of drug-likeness (QED) is 0.818. The molecule has 2 N–H and O–H groups in total. The lowest BCUT2D eigenvalue weighted by Crippen LogP contribution is -2.14. The van der Waals surface area contributed by atoms with Crippen molar-refractivity contribution in [3.63, 3.8) is 0 Å². The number of hydrogen-bond donors (Lipinski definition) is 1. The van der Waals surface area contributed by atoms with Crippen LogP contribution in [-0.2, 0) is 4.79 Å². The molecule has 0 aliphatic rings. The smallest absolute Gasteiger partial charge is 0.218 e. The Labute approximate surface area is 89.1 Å². The number of carbonyl (C=O) groups is 1. The highest BCUT2D eigenvalue weighted by molar-refractivity contribution is 6.30. The molecule has 1 aromatic carbocycles. The molecular weight excluding hydrogens is 198 g/mol. The monoisotopic (exact) mass is 211 g/mol. The van der Waals surface area contributed by atoms with Crippen LogP contribution in [0.5, 0.6) is 0 Å². The number of halogens is 1. The van der Waals surface area contributed by atoms with Crippen molar-refractivity contribution < 1.29 is 4.79 Å². The summed E-state index contributed by atoms with van der Waals surface area (Å²) in [5.74, 6) is -0.0448. The normalized spacial score (nSPS) is 12.4. The van der Waals surface area contributed by atoms with Gasteiger partial charge in [-0.25, -0.2) is 0 Å². The number of benzene rings is 1. The zero-order valence-corrected chi connectivity index (χ0v) is 8.92. The summed E-state index contributed by atoms with van der Waals surface area (Å²) >= 11 is 5.77. The molecule has 0 aromatic heterocycles. The Morgan fingerprint density at radius 1 is 1.43 bits per heavy atom. The first-order chi connectivity index (χ1) is 6.63. The third-order valence-electron chi connectivity index (χ3n) is 2.28. The second-order valence-electron chi connectivity index (χ2n) is 3.33. The molecule has 0 spiro atoms. The van der Waals surface area contributed by atoms with Crippen LogP contribution in [0, 0.1) is 0 Å². The molecule has 76 valence electrons. The first kappa shape index (κ1) is 11.1. The summed E-state index contributed by atoms with van der Waals surface area (Å²) in [5, 5.41) is 0.711. The summed E-state index contributed by atoms with van der Waals surface area (Å²) in [7, 11) is 0. The second kappa shape index (κ2) is 5.01. The minimum atomic E-state index is -0.258. The zero-order valence-electron chi connectivity index (χ0n) is 8.16.